The molecule has 0 spiro atoms. The zero-order chi connectivity index (χ0) is 13.8. The van der Waals surface area contributed by atoms with Crippen molar-refractivity contribution in [1.82, 2.24) is 0 Å². The molecule has 0 aromatic heterocycles. The molecule has 102 valence electrons. The molecule has 0 saturated carbocycles. The van der Waals surface area contributed by atoms with E-state index in [2.05, 4.69) is 13.5 Å². The average molecular weight is 254 g/mol. The van der Waals surface area contributed by atoms with E-state index < -0.39 is 11.9 Å². The lowest BCUT2D eigenvalue weighted by Crippen LogP contribution is -2.09. The molecule has 0 aliphatic carbocycles. The standard InChI is InChI=1S/C14H22O4/c1-3-4-5-6-7-8-9-12(2)14(17)18-11-10-13(15)16/h8-9H,2-7,10-11H2,1H3,(H,15,16). The number of carboxylic acids is 1. The van der Waals surface area contributed by atoms with Crippen molar-refractivity contribution in [3.05, 3.63) is 24.3 Å². The van der Waals surface area contributed by atoms with Crippen molar-refractivity contribution in [3.63, 3.8) is 0 Å². The topological polar surface area (TPSA) is 63.6 Å². The summed E-state index contributed by atoms with van der Waals surface area (Å²) in [5.41, 5.74) is 0.260. The van der Waals surface area contributed by atoms with E-state index in [0.29, 0.717) is 0 Å². The Hall–Kier alpha value is -1.58. The van der Waals surface area contributed by atoms with Crippen LogP contribution in [0.15, 0.2) is 24.3 Å². The van der Waals surface area contributed by atoms with Gasteiger partial charge < -0.3 is 9.84 Å². The molecule has 0 bridgehead atoms. The Bertz CT molecular complexity index is 305. The summed E-state index contributed by atoms with van der Waals surface area (Å²) in [5, 5.41) is 8.38. The third-order valence-corrected chi connectivity index (χ3v) is 2.35. The fraction of sp³-hybridized carbons (Fsp3) is 0.571. The van der Waals surface area contributed by atoms with E-state index in [1.807, 2.05) is 6.08 Å². The number of carboxylic acid groups (broad SMARTS) is 1. The molecule has 0 aromatic carbocycles. The van der Waals surface area contributed by atoms with Gasteiger partial charge in [-0.05, 0) is 12.8 Å². The summed E-state index contributed by atoms with van der Waals surface area (Å²) >= 11 is 0. The van der Waals surface area contributed by atoms with Crippen LogP contribution in [-0.4, -0.2) is 23.7 Å². The van der Waals surface area contributed by atoms with Crippen LogP contribution < -0.4 is 0 Å². The SMILES string of the molecule is C=C(C=CCCCCCC)C(=O)OCCC(=O)O. The first-order valence-electron chi connectivity index (χ1n) is 6.32. The highest BCUT2D eigenvalue weighted by Crippen LogP contribution is 2.05. The minimum absolute atomic E-state index is 0.114. The van der Waals surface area contributed by atoms with Gasteiger partial charge in [0.1, 0.15) is 6.61 Å². The summed E-state index contributed by atoms with van der Waals surface area (Å²) in [6.07, 6.45) is 8.99. The number of hydrogen-bond donors (Lipinski definition) is 1. The van der Waals surface area contributed by atoms with Gasteiger partial charge in [0.2, 0.25) is 0 Å². The molecular formula is C14H22O4. The molecule has 0 amide bonds. The van der Waals surface area contributed by atoms with Crippen molar-refractivity contribution in [2.75, 3.05) is 6.61 Å². The smallest absolute Gasteiger partial charge is 0.337 e. The molecule has 18 heavy (non-hydrogen) atoms. The normalized spacial score (nSPS) is 10.5. The Balaban J connectivity index is 3.69. The first-order valence-corrected chi connectivity index (χ1v) is 6.32. The average Bonchev–Trinajstić information content (AvgIpc) is 2.32. The lowest BCUT2D eigenvalue weighted by molar-refractivity contribution is -0.143. The molecule has 0 radical (unpaired) electrons. The second-order valence-electron chi connectivity index (χ2n) is 4.06. The summed E-state index contributed by atoms with van der Waals surface area (Å²) < 4.78 is 4.74. The minimum Gasteiger partial charge on any atom is -0.481 e. The molecular weight excluding hydrogens is 232 g/mol. The van der Waals surface area contributed by atoms with Crippen LogP contribution >= 0.6 is 0 Å². The number of carbonyl (C=O) groups excluding carboxylic acids is 1. The molecule has 0 heterocycles. The van der Waals surface area contributed by atoms with E-state index in [1.165, 1.54) is 19.3 Å². The van der Waals surface area contributed by atoms with E-state index in [1.54, 1.807) is 6.08 Å². The molecule has 4 heteroatoms. The summed E-state index contributed by atoms with van der Waals surface area (Å²) in [4.78, 5) is 21.5. The van der Waals surface area contributed by atoms with Gasteiger partial charge in [0, 0.05) is 0 Å². The third kappa shape index (κ3) is 9.63. The molecule has 0 fully saturated rings. The Kier molecular flexibility index (Phi) is 9.64. The van der Waals surface area contributed by atoms with E-state index in [-0.39, 0.29) is 18.6 Å². The van der Waals surface area contributed by atoms with Crippen molar-refractivity contribution in [2.24, 2.45) is 0 Å². The highest BCUT2D eigenvalue weighted by molar-refractivity contribution is 5.90. The van der Waals surface area contributed by atoms with Crippen molar-refractivity contribution in [3.8, 4) is 0 Å². The highest BCUT2D eigenvalue weighted by Gasteiger charge is 2.06. The maximum Gasteiger partial charge on any atom is 0.337 e. The fourth-order valence-corrected chi connectivity index (χ4v) is 1.31. The number of carbonyl (C=O) groups is 2. The molecule has 0 aliphatic heterocycles. The predicted octanol–water partition coefficient (Wildman–Crippen LogP) is 3.09. The quantitative estimate of drug-likeness (QED) is 0.281. The summed E-state index contributed by atoms with van der Waals surface area (Å²) in [6.45, 7) is 5.62. The maximum absolute atomic E-state index is 11.3. The van der Waals surface area contributed by atoms with E-state index >= 15 is 0 Å². The zero-order valence-electron chi connectivity index (χ0n) is 11.0. The zero-order valence-corrected chi connectivity index (χ0v) is 11.0. The summed E-state index contributed by atoms with van der Waals surface area (Å²) in [5.74, 6) is -1.54. The Morgan fingerprint density at radius 2 is 2.00 bits per heavy atom. The van der Waals surface area contributed by atoms with Gasteiger partial charge >= 0.3 is 11.9 Å². The number of unbranched alkanes of at least 4 members (excludes halogenated alkanes) is 4. The summed E-state index contributed by atoms with van der Waals surface area (Å²) in [7, 11) is 0. The van der Waals surface area contributed by atoms with Crippen LogP contribution in [0.1, 0.15) is 45.4 Å². The number of hydrogen-bond acceptors (Lipinski definition) is 3. The van der Waals surface area contributed by atoms with Crippen molar-refractivity contribution in [1.29, 1.82) is 0 Å². The van der Waals surface area contributed by atoms with Gasteiger partial charge in [0.25, 0.3) is 0 Å². The number of ether oxygens (including phenoxy) is 1. The van der Waals surface area contributed by atoms with Gasteiger partial charge in [-0.25, -0.2) is 4.79 Å². The molecule has 0 unspecified atom stereocenters. The first-order chi connectivity index (χ1) is 8.57. The third-order valence-electron chi connectivity index (χ3n) is 2.35. The lowest BCUT2D eigenvalue weighted by atomic mass is 10.1. The Labute approximate surface area is 108 Å². The number of allylic oxidation sites excluding steroid dienone is 1. The second kappa shape index (κ2) is 10.6. The monoisotopic (exact) mass is 254 g/mol. The molecule has 1 N–H and O–H groups in total. The van der Waals surface area contributed by atoms with Gasteiger partial charge in [0.15, 0.2) is 0 Å². The van der Waals surface area contributed by atoms with Crippen LogP contribution in [0.5, 0.6) is 0 Å². The number of aliphatic carboxylic acids is 1. The highest BCUT2D eigenvalue weighted by atomic mass is 16.5. The fourth-order valence-electron chi connectivity index (χ4n) is 1.31. The van der Waals surface area contributed by atoms with Crippen molar-refractivity contribution in [2.45, 2.75) is 45.4 Å². The van der Waals surface area contributed by atoms with E-state index in [0.717, 1.165) is 12.8 Å². The van der Waals surface area contributed by atoms with Crippen LogP contribution in [-0.2, 0) is 14.3 Å². The van der Waals surface area contributed by atoms with Gasteiger partial charge in [-0.15, -0.1) is 0 Å². The van der Waals surface area contributed by atoms with Crippen LogP contribution in [0, 0.1) is 0 Å². The molecule has 4 nitrogen and oxygen atoms in total. The Morgan fingerprint density at radius 3 is 2.61 bits per heavy atom. The number of rotatable bonds is 10. The van der Waals surface area contributed by atoms with Crippen LogP contribution in [0.2, 0.25) is 0 Å². The van der Waals surface area contributed by atoms with Crippen LogP contribution in [0.25, 0.3) is 0 Å². The number of esters is 1. The van der Waals surface area contributed by atoms with Crippen LogP contribution in [0.4, 0.5) is 0 Å². The van der Waals surface area contributed by atoms with Gasteiger partial charge in [-0.1, -0.05) is 44.9 Å². The lowest BCUT2D eigenvalue weighted by Gasteiger charge is -2.02. The minimum atomic E-state index is -0.986. The Morgan fingerprint density at radius 1 is 1.28 bits per heavy atom. The summed E-state index contributed by atoms with van der Waals surface area (Å²) in [6, 6.07) is 0. The first kappa shape index (κ1) is 16.4. The molecule has 0 aromatic rings. The van der Waals surface area contributed by atoms with Gasteiger partial charge in [0.05, 0.1) is 12.0 Å². The molecule has 0 saturated heterocycles. The van der Waals surface area contributed by atoms with Crippen molar-refractivity contribution >= 4 is 11.9 Å². The largest absolute Gasteiger partial charge is 0.481 e. The molecule has 0 atom stereocenters. The predicted molar refractivity (Wildman–Crippen MR) is 70.3 cm³/mol. The van der Waals surface area contributed by atoms with Crippen LogP contribution in [0.3, 0.4) is 0 Å². The van der Waals surface area contributed by atoms with Gasteiger partial charge in [-0.3, -0.25) is 4.79 Å². The molecule has 0 aliphatic rings. The van der Waals surface area contributed by atoms with Gasteiger partial charge in [-0.2, -0.15) is 0 Å². The van der Waals surface area contributed by atoms with Crippen molar-refractivity contribution < 1.29 is 19.4 Å². The van der Waals surface area contributed by atoms with E-state index in [4.69, 9.17) is 9.84 Å². The second-order valence-corrected chi connectivity index (χ2v) is 4.06. The maximum atomic E-state index is 11.3. The van der Waals surface area contributed by atoms with E-state index in [9.17, 15) is 9.59 Å². The molecule has 0 rings (SSSR count).